The van der Waals surface area contributed by atoms with Crippen molar-refractivity contribution in [3.8, 4) is 5.75 Å². The lowest BCUT2D eigenvalue weighted by Crippen LogP contribution is -2.36. The summed E-state index contributed by atoms with van der Waals surface area (Å²) in [6, 6.07) is 4.78. The van der Waals surface area contributed by atoms with Crippen molar-refractivity contribution in [3.63, 3.8) is 0 Å². The largest absolute Gasteiger partial charge is 0.496 e. The first-order valence-electron chi connectivity index (χ1n) is 9.32. The summed E-state index contributed by atoms with van der Waals surface area (Å²) >= 11 is 3.44. The van der Waals surface area contributed by atoms with Gasteiger partial charge in [0, 0.05) is 0 Å². The van der Waals surface area contributed by atoms with Crippen molar-refractivity contribution in [2.45, 2.75) is 75.3 Å². The Balaban J connectivity index is 1.66. The monoisotopic (exact) mass is 398 g/mol. The molecule has 2 aliphatic rings. The van der Waals surface area contributed by atoms with E-state index in [0.29, 0.717) is 0 Å². The van der Waals surface area contributed by atoms with E-state index < -0.39 is 8.80 Å². The summed E-state index contributed by atoms with van der Waals surface area (Å²) in [5, 5.41) is 0. The summed E-state index contributed by atoms with van der Waals surface area (Å²) in [7, 11) is -0.936. The second-order valence-corrected chi connectivity index (χ2v) is 11.7. The van der Waals surface area contributed by atoms with Crippen LogP contribution in [0.3, 0.4) is 0 Å². The van der Waals surface area contributed by atoms with Gasteiger partial charge in [0.2, 0.25) is 0 Å². The van der Waals surface area contributed by atoms with E-state index >= 15 is 0 Å². The molecule has 23 heavy (non-hydrogen) atoms. The number of hydrogen-bond acceptors (Lipinski definition) is 1. The van der Waals surface area contributed by atoms with Crippen molar-refractivity contribution in [3.05, 3.63) is 28.5 Å². The van der Waals surface area contributed by atoms with Gasteiger partial charge in [0.05, 0.1) is 19.5 Å². The van der Waals surface area contributed by atoms with E-state index in [0.717, 1.165) is 27.5 Å². The standard InChI is InChI=1S/C19H28BrFOSi/c20-18-13-15(21)11-12-19(18)22-14-23(16-7-3-1-4-8-16)17-9-5-2-6-10-17/h11-13,16-17,23H,1-10,14H2. The van der Waals surface area contributed by atoms with E-state index in [1.54, 1.807) is 6.07 Å². The van der Waals surface area contributed by atoms with Gasteiger partial charge >= 0.3 is 0 Å². The Bertz CT molecular complexity index is 480. The highest BCUT2D eigenvalue weighted by molar-refractivity contribution is 9.10. The fourth-order valence-electron chi connectivity index (χ4n) is 4.56. The molecule has 2 saturated carbocycles. The molecule has 3 rings (SSSR count). The van der Waals surface area contributed by atoms with Crippen molar-refractivity contribution >= 4 is 24.7 Å². The van der Waals surface area contributed by atoms with Crippen LogP contribution in [-0.4, -0.2) is 15.0 Å². The number of rotatable bonds is 5. The van der Waals surface area contributed by atoms with E-state index in [9.17, 15) is 4.39 Å². The molecule has 1 aromatic carbocycles. The van der Waals surface area contributed by atoms with Crippen LogP contribution in [0.25, 0.3) is 0 Å². The van der Waals surface area contributed by atoms with Gasteiger partial charge in [-0.05, 0) is 45.2 Å². The summed E-state index contributed by atoms with van der Waals surface area (Å²) in [4.78, 5) is 0. The first-order valence-corrected chi connectivity index (χ1v) is 12.3. The summed E-state index contributed by atoms with van der Waals surface area (Å²) in [6.45, 7) is 0. The minimum atomic E-state index is -0.936. The molecule has 0 radical (unpaired) electrons. The molecule has 1 aromatic rings. The summed E-state index contributed by atoms with van der Waals surface area (Å²) < 4.78 is 20.2. The summed E-state index contributed by atoms with van der Waals surface area (Å²) in [6.07, 6.45) is 15.2. The Labute approximate surface area is 149 Å². The van der Waals surface area contributed by atoms with Crippen molar-refractivity contribution in [1.29, 1.82) is 0 Å². The van der Waals surface area contributed by atoms with Crippen molar-refractivity contribution in [1.82, 2.24) is 0 Å². The predicted molar refractivity (Wildman–Crippen MR) is 100 cm³/mol. The average Bonchev–Trinajstić information content (AvgIpc) is 2.59. The van der Waals surface area contributed by atoms with Gasteiger partial charge in [-0.2, -0.15) is 0 Å². The normalized spacial score (nSPS) is 20.8. The lowest BCUT2D eigenvalue weighted by atomic mass is 9.99. The van der Waals surface area contributed by atoms with Crippen LogP contribution in [0.5, 0.6) is 5.75 Å². The Hall–Kier alpha value is -0.353. The van der Waals surface area contributed by atoms with Gasteiger partial charge in [-0.3, -0.25) is 0 Å². The molecule has 0 aliphatic heterocycles. The van der Waals surface area contributed by atoms with Crippen LogP contribution < -0.4 is 4.74 Å². The fourth-order valence-corrected chi connectivity index (χ4v) is 9.37. The lowest BCUT2D eigenvalue weighted by Gasteiger charge is -2.36. The Morgan fingerprint density at radius 3 is 2.04 bits per heavy atom. The maximum atomic E-state index is 13.3. The van der Waals surface area contributed by atoms with Crippen LogP contribution >= 0.6 is 15.9 Å². The average molecular weight is 399 g/mol. The quantitative estimate of drug-likeness (QED) is 0.521. The van der Waals surface area contributed by atoms with Crippen LogP contribution in [0.2, 0.25) is 11.1 Å². The molecule has 2 fully saturated rings. The minimum Gasteiger partial charge on any atom is -0.496 e. The molecule has 1 nitrogen and oxygen atoms in total. The van der Waals surface area contributed by atoms with Gasteiger partial charge in [-0.1, -0.05) is 64.2 Å². The van der Waals surface area contributed by atoms with Gasteiger partial charge in [0.1, 0.15) is 11.6 Å². The Morgan fingerprint density at radius 2 is 1.52 bits per heavy atom. The molecule has 0 amide bonds. The van der Waals surface area contributed by atoms with Crippen LogP contribution in [-0.2, 0) is 0 Å². The summed E-state index contributed by atoms with van der Waals surface area (Å²) in [5.41, 5.74) is 1.93. The number of benzene rings is 1. The molecule has 0 unspecified atom stereocenters. The third-order valence-corrected chi connectivity index (χ3v) is 10.8. The van der Waals surface area contributed by atoms with Crippen LogP contribution in [0.1, 0.15) is 64.2 Å². The van der Waals surface area contributed by atoms with Crippen molar-refractivity contribution < 1.29 is 9.13 Å². The van der Waals surface area contributed by atoms with E-state index in [1.165, 1.54) is 76.3 Å². The van der Waals surface area contributed by atoms with E-state index in [4.69, 9.17) is 4.74 Å². The molecule has 0 heterocycles. The van der Waals surface area contributed by atoms with Crippen molar-refractivity contribution in [2.24, 2.45) is 0 Å². The number of halogens is 2. The zero-order valence-corrected chi connectivity index (χ0v) is 16.6. The van der Waals surface area contributed by atoms with Gasteiger partial charge in [-0.15, -0.1) is 0 Å². The first kappa shape index (κ1) is 17.5. The van der Waals surface area contributed by atoms with E-state index in [1.807, 2.05) is 0 Å². The smallest absolute Gasteiger partial charge is 0.133 e. The minimum absolute atomic E-state index is 0.211. The Morgan fingerprint density at radius 1 is 0.957 bits per heavy atom. The van der Waals surface area contributed by atoms with Crippen molar-refractivity contribution in [2.75, 3.05) is 6.23 Å². The lowest BCUT2D eigenvalue weighted by molar-refractivity contribution is 0.359. The maximum Gasteiger partial charge on any atom is 0.133 e. The van der Waals surface area contributed by atoms with Gasteiger partial charge < -0.3 is 4.74 Å². The molecule has 4 heteroatoms. The highest BCUT2D eigenvalue weighted by atomic mass is 79.9. The topological polar surface area (TPSA) is 9.23 Å². The first-order chi connectivity index (χ1) is 11.2. The molecule has 0 N–H and O–H groups in total. The van der Waals surface area contributed by atoms with Crippen LogP contribution in [0, 0.1) is 5.82 Å². The molecule has 0 atom stereocenters. The van der Waals surface area contributed by atoms with Crippen LogP contribution in [0.4, 0.5) is 4.39 Å². The van der Waals surface area contributed by atoms with Gasteiger partial charge in [0.15, 0.2) is 0 Å². The van der Waals surface area contributed by atoms with E-state index in [-0.39, 0.29) is 5.82 Å². The van der Waals surface area contributed by atoms with Crippen LogP contribution in [0.15, 0.2) is 22.7 Å². The number of ether oxygens (including phenoxy) is 1. The second-order valence-electron chi connectivity index (χ2n) is 7.35. The predicted octanol–water partition coefficient (Wildman–Crippen LogP) is 6.40. The van der Waals surface area contributed by atoms with Gasteiger partial charge in [0.25, 0.3) is 0 Å². The second kappa shape index (κ2) is 8.66. The molecule has 128 valence electrons. The molecule has 0 saturated heterocycles. The summed E-state index contributed by atoms with van der Waals surface area (Å²) in [5.74, 6) is 0.605. The molecule has 2 aliphatic carbocycles. The van der Waals surface area contributed by atoms with E-state index in [2.05, 4.69) is 15.9 Å². The molecule has 0 bridgehead atoms. The molecule has 0 spiro atoms. The number of hydrogen-bond donors (Lipinski definition) is 0. The zero-order chi connectivity index (χ0) is 16.1. The maximum absolute atomic E-state index is 13.3. The molecular weight excluding hydrogens is 371 g/mol. The SMILES string of the molecule is Fc1ccc(OC[SiH](C2CCCCC2)C2CCCCC2)c(Br)c1. The Kier molecular flexibility index (Phi) is 6.58. The van der Waals surface area contributed by atoms with Gasteiger partial charge in [-0.25, -0.2) is 4.39 Å². The highest BCUT2D eigenvalue weighted by Gasteiger charge is 2.33. The highest BCUT2D eigenvalue weighted by Crippen LogP contribution is 2.41. The third-order valence-electron chi connectivity index (χ3n) is 5.84. The zero-order valence-electron chi connectivity index (χ0n) is 13.9. The third kappa shape index (κ3) is 4.82. The molecule has 0 aromatic heterocycles. The molecular formula is C19H28BrFOSi. The fraction of sp³-hybridized carbons (Fsp3) is 0.684.